The van der Waals surface area contributed by atoms with Crippen molar-refractivity contribution in [1.82, 2.24) is 0 Å². The third kappa shape index (κ3) is 5.13. The third-order valence-corrected chi connectivity index (χ3v) is 6.01. The molecule has 0 aliphatic rings. The Morgan fingerprint density at radius 3 is 2.13 bits per heavy atom. The van der Waals surface area contributed by atoms with E-state index in [4.69, 9.17) is 9.47 Å². The summed E-state index contributed by atoms with van der Waals surface area (Å²) < 4.78 is 51.2. The van der Waals surface area contributed by atoms with Gasteiger partial charge in [-0.3, -0.25) is 9.52 Å². The second-order valence-electron chi connectivity index (χ2n) is 6.62. The second-order valence-corrected chi connectivity index (χ2v) is 8.27. The summed E-state index contributed by atoms with van der Waals surface area (Å²) in [5.41, 5.74) is 1.40. The van der Waals surface area contributed by atoms with Crippen LogP contribution in [0.25, 0.3) is 0 Å². The van der Waals surface area contributed by atoms with Crippen LogP contribution in [0.5, 0.6) is 11.5 Å². The first kappa shape index (κ1) is 22.1. The Kier molecular flexibility index (Phi) is 6.45. The van der Waals surface area contributed by atoms with E-state index in [2.05, 4.69) is 10.0 Å². The van der Waals surface area contributed by atoms with Crippen LogP contribution >= 0.6 is 0 Å². The van der Waals surface area contributed by atoms with Gasteiger partial charge in [-0.2, -0.15) is 0 Å². The monoisotopic (exact) mass is 444 g/mol. The molecule has 0 bridgehead atoms. The minimum atomic E-state index is -3.90. The average molecular weight is 444 g/mol. The Morgan fingerprint density at radius 1 is 0.871 bits per heavy atom. The van der Waals surface area contributed by atoms with Gasteiger partial charge in [-0.15, -0.1) is 0 Å². The number of hydrogen-bond donors (Lipinski definition) is 2. The molecular formula is C22H21FN2O5S. The van der Waals surface area contributed by atoms with Crippen LogP contribution in [0.4, 0.5) is 15.8 Å². The van der Waals surface area contributed by atoms with Gasteiger partial charge in [0.15, 0.2) is 11.5 Å². The number of rotatable bonds is 7. The van der Waals surface area contributed by atoms with Gasteiger partial charge in [0.05, 0.1) is 19.1 Å². The Bertz CT molecular complexity index is 1210. The molecule has 0 aliphatic heterocycles. The Labute approximate surface area is 179 Å². The first-order valence-electron chi connectivity index (χ1n) is 9.16. The zero-order chi connectivity index (χ0) is 22.6. The molecule has 1 amide bonds. The highest BCUT2D eigenvalue weighted by molar-refractivity contribution is 7.92. The summed E-state index contributed by atoms with van der Waals surface area (Å²) in [6.07, 6.45) is 0. The number of aryl methyl sites for hydroxylation is 1. The number of amides is 1. The summed E-state index contributed by atoms with van der Waals surface area (Å²) in [5, 5.41) is 2.74. The summed E-state index contributed by atoms with van der Waals surface area (Å²) in [6.45, 7) is 1.51. The van der Waals surface area contributed by atoms with Gasteiger partial charge in [-0.25, -0.2) is 12.8 Å². The van der Waals surface area contributed by atoms with Crippen LogP contribution < -0.4 is 19.5 Å². The molecule has 0 heterocycles. The molecule has 0 aromatic heterocycles. The van der Waals surface area contributed by atoms with E-state index in [-0.39, 0.29) is 16.5 Å². The van der Waals surface area contributed by atoms with Crippen molar-refractivity contribution >= 4 is 27.3 Å². The van der Waals surface area contributed by atoms with Crippen LogP contribution in [0.15, 0.2) is 65.6 Å². The molecule has 0 saturated carbocycles. The SMILES string of the molecule is COc1ccc(NC(=O)c2ccc(NS(=O)(=O)c3ccc(F)cc3C)cc2)cc1OC. The number of ether oxygens (including phenoxy) is 2. The molecule has 0 aliphatic carbocycles. The molecule has 3 rings (SSSR count). The van der Waals surface area contributed by atoms with E-state index < -0.39 is 15.8 Å². The molecule has 0 atom stereocenters. The van der Waals surface area contributed by atoms with Crippen molar-refractivity contribution in [1.29, 1.82) is 0 Å². The highest BCUT2D eigenvalue weighted by Crippen LogP contribution is 2.30. The van der Waals surface area contributed by atoms with Crippen LogP contribution in [0.1, 0.15) is 15.9 Å². The normalized spacial score (nSPS) is 11.0. The molecule has 0 saturated heterocycles. The van der Waals surface area contributed by atoms with Gasteiger partial charge in [-0.1, -0.05) is 0 Å². The molecule has 7 nitrogen and oxygen atoms in total. The van der Waals surface area contributed by atoms with Crippen molar-refractivity contribution in [3.8, 4) is 11.5 Å². The van der Waals surface area contributed by atoms with E-state index >= 15 is 0 Å². The number of hydrogen-bond acceptors (Lipinski definition) is 5. The van der Waals surface area contributed by atoms with Crippen molar-refractivity contribution in [3.05, 3.63) is 77.6 Å². The van der Waals surface area contributed by atoms with E-state index in [1.807, 2.05) is 0 Å². The largest absolute Gasteiger partial charge is 0.493 e. The summed E-state index contributed by atoms with van der Waals surface area (Å²) >= 11 is 0. The fourth-order valence-electron chi connectivity index (χ4n) is 2.93. The fourth-order valence-corrected chi connectivity index (χ4v) is 4.22. The smallest absolute Gasteiger partial charge is 0.262 e. The lowest BCUT2D eigenvalue weighted by Crippen LogP contribution is -2.15. The summed E-state index contributed by atoms with van der Waals surface area (Å²) in [7, 11) is -0.886. The Morgan fingerprint density at radius 2 is 1.52 bits per heavy atom. The van der Waals surface area contributed by atoms with Crippen molar-refractivity contribution in [2.75, 3.05) is 24.3 Å². The first-order chi connectivity index (χ1) is 14.7. The number of methoxy groups -OCH3 is 2. The molecule has 3 aromatic rings. The zero-order valence-electron chi connectivity index (χ0n) is 17.1. The van der Waals surface area contributed by atoms with E-state index in [9.17, 15) is 17.6 Å². The highest BCUT2D eigenvalue weighted by Gasteiger charge is 2.18. The molecule has 3 aromatic carbocycles. The maximum Gasteiger partial charge on any atom is 0.262 e. The van der Waals surface area contributed by atoms with Crippen molar-refractivity contribution in [3.63, 3.8) is 0 Å². The minimum Gasteiger partial charge on any atom is -0.493 e. The number of nitrogens with one attached hydrogen (secondary N) is 2. The highest BCUT2D eigenvalue weighted by atomic mass is 32.2. The Balaban J connectivity index is 1.73. The van der Waals surface area contributed by atoms with Crippen LogP contribution in [-0.2, 0) is 10.0 Å². The molecule has 0 unspecified atom stereocenters. The van der Waals surface area contributed by atoms with E-state index in [0.717, 1.165) is 12.1 Å². The quantitative estimate of drug-likeness (QED) is 0.570. The van der Waals surface area contributed by atoms with Crippen molar-refractivity contribution < 1.29 is 27.1 Å². The van der Waals surface area contributed by atoms with Gasteiger partial charge in [0.1, 0.15) is 5.82 Å². The predicted molar refractivity (Wildman–Crippen MR) is 116 cm³/mol. The van der Waals surface area contributed by atoms with E-state index in [0.29, 0.717) is 28.3 Å². The van der Waals surface area contributed by atoms with Gasteiger partial charge in [0.2, 0.25) is 0 Å². The molecule has 9 heteroatoms. The predicted octanol–water partition coefficient (Wildman–Crippen LogP) is 4.20. The number of sulfonamides is 1. The average Bonchev–Trinajstić information content (AvgIpc) is 2.73. The lowest BCUT2D eigenvalue weighted by molar-refractivity contribution is 0.102. The van der Waals surface area contributed by atoms with Gasteiger partial charge in [0, 0.05) is 23.0 Å². The summed E-state index contributed by atoms with van der Waals surface area (Å²) in [6, 6.07) is 14.3. The molecule has 31 heavy (non-hydrogen) atoms. The lowest BCUT2D eigenvalue weighted by Gasteiger charge is -2.12. The fraction of sp³-hybridized carbons (Fsp3) is 0.136. The number of anilines is 2. The molecular weight excluding hydrogens is 423 g/mol. The van der Waals surface area contributed by atoms with Crippen LogP contribution in [0.2, 0.25) is 0 Å². The number of halogens is 1. The number of carbonyl (C=O) groups is 1. The molecule has 2 N–H and O–H groups in total. The van der Waals surface area contributed by atoms with Crippen LogP contribution in [-0.4, -0.2) is 28.5 Å². The molecule has 162 valence electrons. The van der Waals surface area contributed by atoms with E-state index in [1.54, 1.807) is 18.2 Å². The molecule has 0 spiro atoms. The van der Waals surface area contributed by atoms with Crippen molar-refractivity contribution in [2.45, 2.75) is 11.8 Å². The molecule has 0 fully saturated rings. The van der Waals surface area contributed by atoms with Gasteiger partial charge in [0.25, 0.3) is 15.9 Å². The maximum atomic E-state index is 13.3. The lowest BCUT2D eigenvalue weighted by atomic mass is 10.2. The Hall–Kier alpha value is -3.59. The molecule has 0 radical (unpaired) electrons. The summed E-state index contributed by atoms with van der Waals surface area (Å²) in [4.78, 5) is 12.5. The van der Waals surface area contributed by atoms with Gasteiger partial charge in [-0.05, 0) is 67.1 Å². The maximum absolute atomic E-state index is 13.3. The number of carbonyl (C=O) groups excluding carboxylic acids is 1. The van der Waals surface area contributed by atoms with Crippen LogP contribution in [0, 0.1) is 12.7 Å². The number of benzene rings is 3. The zero-order valence-corrected chi connectivity index (χ0v) is 17.9. The van der Waals surface area contributed by atoms with E-state index in [1.165, 1.54) is 51.5 Å². The summed E-state index contributed by atoms with van der Waals surface area (Å²) in [5.74, 6) is 0.118. The van der Waals surface area contributed by atoms with Gasteiger partial charge >= 0.3 is 0 Å². The minimum absolute atomic E-state index is 0.0239. The first-order valence-corrected chi connectivity index (χ1v) is 10.6. The van der Waals surface area contributed by atoms with Crippen LogP contribution in [0.3, 0.4) is 0 Å². The third-order valence-electron chi connectivity index (χ3n) is 4.47. The van der Waals surface area contributed by atoms with Crippen molar-refractivity contribution in [2.24, 2.45) is 0 Å². The second kappa shape index (κ2) is 9.05. The topological polar surface area (TPSA) is 93.7 Å². The van der Waals surface area contributed by atoms with Gasteiger partial charge < -0.3 is 14.8 Å². The standard InChI is InChI=1S/C22H21FN2O5S/c1-14-12-16(23)6-11-21(14)31(27,28)25-17-7-4-15(5-8-17)22(26)24-18-9-10-19(29-2)20(13-18)30-3/h4-13,25H,1-3H3,(H,24,26).